The fourth-order valence-corrected chi connectivity index (χ4v) is 3.24. The second-order valence-electron chi connectivity index (χ2n) is 8.00. The van der Waals surface area contributed by atoms with Crippen molar-refractivity contribution >= 4 is 14.1 Å². The van der Waals surface area contributed by atoms with Crippen molar-refractivity contribution in [1.82, 2.24) is 0 Å². The van der Waals surface area contributed by atoms with Crippen LogP contribution in [-0.2, 0) is 4.43 Å². The van der Waals surface area contributed by atoms with Crippen molar-refractivity contribution in [2.45, 2.75) is 71.5 Å². The van der Waals surface area contributed by atoms with Gasteiger partial charge in [-0.25, -0.2) is 0 Å². The van der Waals surface area contributed by atoms with Crippen LogP contribution in [0.15, 0.2) is 42.0 Å². The zero-order valence-electron chi connectivity index (χ0n) is 16.3. The van der Waals surface area contributed by atoms with Crippen molar-refractivity contribution in [3.05, 3.63) is 47.5 Å². The van der Waals surface area contributed by atoms with E-state index >= 15 is 0 Å². The third-order valence-electron chi connectivity index (χ3n) is 4.94. The Morgan fingerprint density at radius 3 is 2.29 bits per heavy atom. The topological polar surface area (TPSA) is 26.3 Å². The largest absolute Gasteiger partial charge is 0.417 e. The van der Waals surface area contributed by atoms with E-state index in [0.717, 1.165) is 31.2 Å². The second-order valence-corrected chi connectivity index (χ2v) is 12.8. The first-order chi connectivity index (χ1) is 11.2. The number of carbonyl (C=O) groups excluding carboxylic acids is 1. The van der Waals surface area contributed by atoms with Crippen molar-refractivity contribution in [3.8, 4) is 0 Å². The van der Waals surface area contributed by atoms with Gasteiger partial charge in [-0.3, -0.25) is 4.79 Å². The van der Waals surface area contributed by atoms with E-state index < -0.39 is 8.32 Å². The van der Waals surface area contributed by atoms with Gasteiger partial charge in [0, 0.05) is 12.2 Å². The molecule has 0 saturated heterocycles. The highest BCUT2D eigenvalue weighted by Gasteiger charge is 2.36. The summed E-state index contributed by atoms with van der Waals surface area (Å²) in [5.74, 6) is 0.106. The van der Waals surface area contributed by atoms with E-state index in [9.17, 15) is 4.79 Å². The second kappa shape index (κ2) is 9.33. The first-order valence-corrected chi connectivity index (χ1v) is 12.0. The SMILES string of the molecule is CCCC/C(=C\C(=O)c1ccccc1)CCO[Si](C)(C)C(C)(C)C. The third-order valence-corrected chi connectivity index (χ3v) is 9.48. The van der Waals surface area contributed by atoms with Gasteiger partial charge in [-0.2, -0.15) is 0 Å². The van der Waals surface area contributed by atoms with Crippen molar-refractivity contribution < 1.29 is 9.22 Å². The van der Waals surface area contributed by atoms with Crippen LogP contribution in [0.25, 0.3) is 0 Å². The molecule has 1 aromatic rings. The molecule has 0 saturated carbocycles. The van der Waals surface area contributed by atoms with Gasteiger partial charge in [0.25, 0.3) is 0 Å². The third kappa shape index (κ3) is 6.74. The van der Waals surface area contributed by atoms with Crippen molar-refractivity contribution in [2.24, 2.45) is 0 Å². The molecule has 0 heterocycles. The normalized spacial score (nSPS) is 13.2. The molecule has 0 radical (unpaired) electrons. The van der Waals surface area contributed by atoms with Crippen LogP contribution < -0.4 is 0 Å². The Hall–Kier alpha value is -1.19. The number of rotatable bonds is 9. The zero-order valence-corrected chi connectivity index (χ0v) is 17.3. The van der Waals surface area contributed by atoms with Crippen molar-refractivity contribution in [1.29, 1.82) is 0 Å². The molecule has 0 amide bonds. The maximum Gasteiger partial charge on any atom is 0.191 e. The van der Waals surface area contributed by atoms with Gasteiger partial charge >= 0.3 is 0 Å². The molecule has 0 fully saturated rings. The number of ketones is 1. The van der Waals surface area contributed by atoms with Crippen LogP contribution in [0.1, 0.15) is 63.7 Å². The molecule has 134 valence electrons. The lowest BCUT2D eigenvalue weighted by atomic mass is 10.0. The summed E-state index contributed by atoms with van der Waals surface area (Å²) in [6, 6.07) is 9.51. The summed E-state index contributed by atoms with van der Waals surface area (Å²) in [7, 11) is -1.72. The Morgan fingerprint density at radius 1 is 1.12 bits per heavy atom. The fourth-order valence-electron chi connectivity index (χ4n) is 2.20. The van der Waals surface area contributed by atoms with E-state index in [1.807, 2.05) is 36.4 Å². The number of hydrogen-bond donors (Lipinski definition) is 0. The number of benzene rings is 1. The number of carbonyl (C=O) groups is 1. The summed E-state index contributed by atoms with van der Waals surface area (Å²) < 4.78 is 6.28. The molecule has 24 heavy (non-hydrogen) atoms. The first-order valence-electron chi connectivity index (χ1n) is 9.10. The Labute approximate surface area is 149 Å². The lowest BCUT2D eigenvalue weighted by Crippen LogP contribution is -2.41. The Balaban J connectivity index is 2.72. The Kier molecular flexibility index (Phi) is 8.11. The van der Waals surface area contributed by atoms with Crippen LogP contribution in [-0.4, -0.2) is 20.7 Å². The highest BCUT2D eigenvalue weighted by Crippen LogP contribution is 2.36. The summed E-state index contributed by atoms with van der Waals surface area (Å²) in [4.78, 5) is 12.4. The average molecular weight is 347 g/mol. The predicted molar refractivity (Wildman–Crippen MR) is 106 cm³/mol. The minimum atomic E-state index is -1.72. The highest BCUT2D eigenvalue weighted by molar-refractivity contribution is 6.74. The minimum absolute atomic E-state index is 0.106. The van der Waals surface area contributed by atoms with Crippen molar-refractivity contribution in [3.63, 3.8) is 0 Å². The lowest BCUT2D eigenvalue weighted by molar-refractivity contribution is 0.104. The van der Waals surface area contributed by atoms with E-state index in [0.29, 0.717) is 6.61 Å². The summed E-state index contributed by atoms with van der Waals surface area (Å²) in [6.45, 7) is 14.2. The van der Waals surface area contributed by atoms with E-state index in [1.165, 1.54) is 5.57 Å². The molecular formula is C21H34O2Si. The molecule has 0 aliphatic carbocycles. The van der Waals surface area contributed by atoms with Gasteiger partial charge in [0.2, 0.25) is 0 Å². The standard InChI is InChI=1S/C21H34O2Si/c1-7-8-12-18(15-16-23-24(5,6)21(2,3)4)17-20(22)19-13-10-9-11-14-19/h9-11,13-14,17H,7-8,12,15-16H2,1-6H3/b18-17+. The molecule has 0 N–H and O–H groups in total. The molecule has 2 nitrogen and oxygen atoms in total. The number of allylic oxidation sites excluding steroid dienone is 1. The molecule has 0 unspecified atom stereocenters. The summed E-state index contributed by atoms with van der Waals surface area (Å²) >= 11 is 0. The molecule has 1 aromatic carbocycles. The molecule has 0 aliphatic rings. The van der Waals surface area contributed by atoms with Gasteiger partial charge in [0.15, 0.2) is 14.1 Å². The zero-order chi connectivity index (χ0) is 18.2. The van der Waals surface area contributed by atoms with Gasteiger partial charge in [0.05, 0.1) is 0 Å². The van der Waals surface area contributed by atoms with Crippen LogP contribution >= 0.6 is 0 Å². The van der Waals surface area contributed by atoms with Gasteiger partial charge in [-0.1, -0.05) is 70.0 Å². The van der Waals surface area contributed by atoms with Gasteiger partial charge in [-0.05, 0) is 43.5 Å². The molecule has 0 bridgehead atoms. The smallest absolute Gasteiger partial charge is 0.191 e. The predicted octanol–water partition coefficient (Wildman–Crippen LogP) is 6.40. The van der Waals surface area contributed by atoms with Crippen LogP contribution in [0.2, 0.25) is 18.1 Å². The van der Waals surface area contributed by atoms with Crippen LogP contribution in [0.5, 0.6) is 0 Å². The first kappa shape index (κ1) is 20.9. The highest BCUT2D eigenvalue weighted by atomic mass is 28.4. The van der Waals surface area contributed by atoms with E-state index in [4.69, 9.17) is 4.43 Å². The quantitative estimate of drug-likeness (QED) is 0.294. The summed E-state index contributed by atoms with van der Waals surface area (Å²) in [5.41, 5.74) is 1.97. The van der Waals surface area contributed by atoms with Crippen LogP contribution in [0.3, 0.4) is 0 Å². The molecular weight excluding hydrogens is 312 g/mol. The molecule has 1 rings (SSSR count). The van der Waals surface area contributed by atoms with Gasteiger partial charge < -0.3 is 4.43 Å². The summed E-state index contributed by atoms with van der Waals surface area (Å²) in [5, 5.41) is 0.222. The van der Waals surface area contributed by atoms with Gasteiger partial charge in [-0.15, -0.1) is 0 Å². The van der Waals surface area contributed by atoms with Crippen LogP contribution in [0.4, 0.5) is 0 Å². The molecule has 3 heteroatoms. The Morgan fingerprint density at radius 2 is 1.75 bits per heavy atom. The molecule has 0 spiro atoms. The average Bonchev–Trinajstić information content (AvgIpc) is 2.52. The summed E-state index contributed by atoms with van der Waals surface area (Å²) in [6.07, 6.45) is 5.93. The maximum absolute atomic E-state index is 12.4. The van der Waals surface area contributed by atoms with E-state index in [2.05, 4.69) is 40.8 Å². The van der Waals surface area contributed by atoms with Crippen molar-refractivity contribution in [2.75, 3.05) is 6.61 Å². The Bertz CT molecular complexity index is 539. The monoisotopic (exact) mass is 346 g/mol. The van der Waals surface area contributed by atoms with E-state index in [1.54, 1.807) is 0 Å². The lowest BCUT2D eigenvalue weighted by Gasteiger charge is -2.36. The molecule has 0 aromatic heterocycles. The maximum atomic E-state index is 12.4. The van der Waals surface area contributed by atoms with Crippen LogP contribution in [0, 0.1) is 0 Å². The number of hydrogen-bond acceptors (Lipinski definition) is 2. The molecule has 0 aliphatic heterocycles. The van der Waals surface area contributed by atoms with Gasteiger partial charge in [0.1, 0.15) is 0 Å². The fraction of sp³-hybridized carbons (Fsp3) is 0.571. The minimum Gasteiger partial charge on any atom is -0.417 e. The molecule has 0 atom stereocenters. The van der Waals surface area contributed by atoms with E-state index in [-0.39, 0.29) is 10.8 Å². The number of unbranched alkanes of at least 4 members (excludes halogenated alkanes) is 1.